The Bertz CT molecular complexity index is 869. The lowest BCUT2D eigenvalue weighted by molar-refractivity contribution is -0.125. The second kappa shape index (κ2) is 6.36. The van der Waals surface area contributed by atoms with Crippen LogP contribution < -0.4 is 10.6 Å². The van der Waals surface area contributed by atoms with Gasteiger partial charge in [-0.15, -0.1) is 0 Å². The molecule has 6 rings (SSSR count). The Morgan fingerprint density at radius 2 is 1.52 bits per heavy atom. The molecule has 2 amide bonds. The van der Waals surface area contributed by atoms with E-state index in [2.05, 4.69) is 10.6 Å². The van der Waals surface area contributed by atoms with Gasteiger partial charge in [-0.25, -0.2) is 0 Å². The molecular weight excluding hydrogens is 336 g/mol. The van der Waals surface area contributed by atoms with Crippen molar-refractivity contribution in [2.75, 3.05) is 6.54 Å². The van der Waals surface area contributed by atoms with Crippen molar-refractivity contribution in [1.29, 1.82) is 0 Å². The van der Waals surface area contributed by atoms with Crippen LogP contribution in [-0.4, -0.2) is 23.9 Å². The highest BCUT2D eigenvalue weighted by Crippen LogP contribution is 2.55. The van der Waals surface area contributed by atoms with Crippen LogP contribution in [0.25, 0.3) is 10.8 Å². The number of rotatable bonds is 4. The zero-order chi connectivity index (χ0) is 18.4. The molecule has 4 nitrogen and oxygen atoms in total. The Labute approximate surface area is 159 Å². The molecule has 4 aliphatic rings. The van der Waals surface area contributed by atoms with E-state index in [1.807, 2.05) is 42.5 Å². The van der Waals surface area contributed by atoms with Crippen LogP contribution in [0.4, 0.5) is 0 Å². The highest BCUT2D eigenvalue weighted by Gasteiger charge is 2.51. The third kappa shape index (κ3) is 3.22. The Balaban J connectivity index is 1.21. The first-order valence-corrected chi connectivity index (χ1v) is 10.2. The monoisotopic (exact) mass is 362 g/mol. The van der Waals surface area contributed by atoms with Crippen molar-refractivity contribution in [3.63, 3.8) is 0 Å². The molecule has 0 spiro atoms. The van der Waals surface area contributed by atoms with Gasteiger partial charge < -0.3 is 10.6 Å². The van der Waals surface area contributed by atoms with Crippen molar-refractivity contribution in [1.82, 2.24) is 10.6 Å². The lowest BCUT2D eigenvalue weighted by Crippen LogP contribution is -2.61. The van der Waals surface area contributed by atoms with Gasteiger partial charge in [-0.2, -0.15) is 0 Å². The minimum atomic E-state index is -0.193. The number of fused-ring (bicyclic) bond motifs is 1. The van der Waals surface area contributed by atoms with Crippen LogP contribution in [0, 0.1) is 17.8 Å². The smallest absolute Gasteiger partial charge is 0.251 e. The van der Waals surface area contributed by atoms with Crippen LogP contribution in [-0.2, 0) is 4.79 Å². The van der Waals surface area contributed by atoms with Gasteiger partial charge in [0.25, 0.3) is 5.91 Å². The van der Waals surface area contributed by atoms with E-state index in [4.69, 9.17) is 0 Å². The SMILES string of the molecule is O=C(CNC(=O)c1ccc2ccccc2c1)NC12CC3CC(CC(C3)C1)C2. The molecule has 2 aromatic carbocycles. The van der Waals surface area contributed by atoms with Crippen molar-refractivity contribution >= 4 is 22.6 Å². The summed E-state index contributed by atoms with van der Waals surface area (Å²) in [4.78, 5) is 25.0. The molecule has 4 bridgehead atoms. The molecule has 0 atom stereocenters. The third-order valence-electron chi connectivity index (χ3n) is 6.86. The molecule has 0 aliphatic heterocycles. The fraction of sp³-hybridized carbons (Fsp3) is 0.478. The summed E-state index contributed by atoms with van der Waals surface area (Å²) in [6.07, 6.45) is 7.45. The third-order valence-corrected chi connectivity index (χ3v) is 6.86. The van der Waals surface area contributed by atoms with Crippen LogP contribution in [0.3, 0.4) is 0 Å². The molecule has 27 heavy (non-hydrogen) atoms. The van der Waals surface area contributed by atoms with Crippen LogP contribution in [0.15, 0.2) is 42.5 Å². The first-order chi connectivity index (χ1) is 13.1. The van der Waals surface area contributed by atoms with Crippen molar-refractivity contribution < 1.29 is 9.59 Å². The van der Waals surface area contributed by atoms with Crippen LogP contribution >= 0.6 is 0 Å². The fourth-order valence-electron chi connectivity index (χ4n) is 6.20. The molecule has 0 heterocycles. The molecule has 0 unspecified atom stereocenters. The van der Waals surface area contributed by atoms with E-state index < -0.39 is 0 Å². The van der Waals surface area contributed by atoms with Crippen LogP contribution in [0.2, 0.25) is 0 Å². The first-order valence-electron chi connectivity index (χ1n) is 10.2. The largest absolute Gasteiger partial charge is 0.349 e. The number of hydrogen-bond donors (Lipinski definition) is 2. The minimum absolute atomic E-state index is 0.000486. The summed E-state index contributed by atoms with van der Waals surface area (Å²) >= 11 is 0. The summed E-state index contributed by atoms with van der Waals surface area (Å²) in [7, 11) is 0. The highest BCUT2D eigenvalue weighted by atomic mass is 16.2. The Hall–Kier alpha value is -2.36. The topological polar surface area (TPSA) is 58.2 Å². The van der Waals surface area contributed by atoms with E-state index in [1.54, 1.807) is 0 Å². The highest BCUT2D eigenvalue weighted by molar-refractivity contribution is 6.00. The number of nitrogens with one attached hydrogen (secondary N) is 2. The Morgan fingerprint density at radius 1 is 0.889 bits per heavy atom. The number of amides is 2. The fourth-order valence-corrected chi connectivity index (χ4v) is 6.20. The molecule has 0 aromatic heterocycles. The van der Waals surface area contributed by atoms with Crippen molar-refractivity contribution in [3.05, 3.63) is 48.0 Å². The molecule has 0 saturated heterocycles. The molecular formula is C23H26N2O2. The molecule has 2 aromatic rings. The number of benzene rings is 2. The number of hydrogen-bond acceptors (Lipinski definition) is 2. The minimum Gasteiger partial charge on any atom is -0.349 e. The van der Waals surface area contributed by atoms with Gasteiger partial charge in [-0.1, -0.05) is 30.3 Å². The number of carbonyl (C=O) groups is 2. The summed E-state index contributed by atoms with van der Waals surface area (Å²) < 4.78 is 0. The second-order valence-corrected chi connectivity index (χ2v) is 8.99. The predicted molar refractivity (Wildman–Crippen MR) is 105 cm³/mol. The molecule has 140 valence electrons. The van der Waals surface area contributed by atoms with Gasteiger partial charge in [0.1, 0.15) is 0 Å². The van der Waals surface area contributed by atoms with Crippen LogP contribution in [0.5, 0.6) is 0 Å². The molecule has 4 fully saturated rings. The van der Waals surface area contributed by atoms with Gasteiger partial charge >= 0.3 is 0 Å². The summed E-state index contributed by atoms with van der Waals surface area (Å²) in [5, 5.41) is 8.24. The maximum atomic E-state index is 12.5. The zero-order valence-corrected chi connectivity index (χ0v) is 15.5. The summed E-state index contributed by atoms with van der Waals surface area (Å²) in [6, 6.07) is 13.6. The lowest BCUT2D eigenvalue weighted by Gasteiger charge is -2.56. The van der Waals surface area contributed by atoms with Gasteiger partial charge in [0, 0.05) is 11.1 Å². The van der Waals surface area contributed by atoms with E-state index >= 15 is 0 Å². The van der Waals surface area contributed by atoms with Gasteiger partial charge in [-0.3, -0.25) is 9.59 Å². The Kier molecular flexibility index (Phi) is 3.96. The van der Waals surface area contributed by atoms with E-state index in [0.717, 1.165) is 47.8 Å². The predicted octanol–water partition coefficient (Wildman–Crippen LogP) is 3.65. The van der Waals surface area contributed by atoms with Crippen LogP contribution in [0.1, 0.15) is 48.9 Å². The van der Waals surface area contributed by atoms with Crippen molar-refractivity contribution in [2.45, 2.75) is 44.1 Å². The zero-order valence-electron chi connectivity index (χ0n) is 15.5. The van der Waals surface area contributed by atoms with Crippen molar-refractivity contribution in [2.24, 2.45) is 17.8 Å². The maximum Gasteiger partial charge on any atom is 0.251 e. The van der Waals surface area contributed by atoms with E-state index in [-0.39, 0.29) is 23.9 Å². The molecule has 4 aliphatic carbocycles. The normalized spacial score (nSPS) is 31.0. The van der Waals surface area contributed by atoms with E-state index in [1.165, 1.54) is 19.3 Å². The van der Waals surface area contributed by atoms with E-state index in [9.17, 15) is 9.59 Å². The molecule has 0 radical (unpaired) electrons. The van der Waals surface area contributed by atoms with Gasteiger partial charge in [0.2, 0.25) is 5.91 Å². The van der Waals surface area contributed by atoms with Gasteiger partial charge in [0.05, 0.1) is 6.54 Å². The number of carbonyl (C=O) groups excluding carboxylic acids is 2. The first kappa shape index (κ1) is 16.8. The molecule has 2 N–H and O–H groups in total. The quantitative estimate of drug-likeness (QED) is 0.872. The second-order valence-electron chi connectivity index (χ2n) is 8.99. The molecule has 4 heteroatoms. The van der Waals surface area contributed by atoms with Crippen molar-refractivity contribution in [3.8, 4) is 0 Å². The van der Waals surface area contributed by atoms with Gasteiger partial charge in [-0.05, 0) is 79.2 Å². The van der Waals surface area contributed by atoms with Gasteiger partial charge in [0.15, 0.2) is 0 Å². The summed E-state index contributed by atoms with van der Waals surface area (Å²) in [6.45, 7) is 0.0490. The standard InChI is InChI=1S/C23H26N2O2/c26-21(25-23-11-15-7-16(12-23)9-17(8-15)13-23)14-24-22(27)20-6-5-18-3-1-2-4-19(18)10-20/h1-6,10,15-17H,7-9,11-14H2,(H,24,27)(H,25,26). The lowest BCUT2D eigenvalue weighted by atomic mass is 9.53. The average Bonchev–Trinajstić information content (AvgIpc) is 2.64. The summed E-state index contributed by atoms with van der Waals surface area (Å²) in [5.74, 6) is 2.14. The maximum absolute atomic E-state index is 12.5. The molecule has 4 saturated carbocycles. The summed E-state index contributed by atoms with van der Waals surface area (Å²) in [5.41, 5.74) is 0.593. The van der Waals surface area contributed by atoms with E-state index in [0.29, 0.717) is 5.56 Å². The Morgan fingerprint density at radius 3 is 2.19 bits per heavy atom. The average molecular weight is 362 g/mol.